The van der Waals surface area contributed by atoms with Crippen LogP contribution in [-0.2, 0) is 21.5 Å². The molecule has 2 amide bonds. The Balaban J connectivity index is 1.38. The maximum atomic E-state index is 15.3. The van der Waals surface area contributed by atoms with E-state index in [1.165, 1.54) is 32.9 Å². The first-order valence-corrected chi connectivity index (χ1v) is 15.4. The van der Waals surface area contributed by atoms with Crippen molar-refractivity contribution in [2.75, 3.05) is 20.2 Å². The molecule has 212 valence electrons. The van der Waals surface area contributed by atoms with Crippen molar-refractivity contribution in [2.24, 2.45) is 11.3 Å². The fraction of sp³-hybridized carbons (Fsp3) is 0.286. The van der Waals surface area contributed by atoms with Gasteiger partial charge in [0.2, 0.25) is 5.91 Å². The van der Waals surface area contributed by atoms with Gasteiger partial charge in [0.05, 0.1) is 30.3 Å². The SMILES string of the molecule is C=C(C(=O)N(Cc1cscn1)C(=O)[C@]12CNC[C@H]1[C@@]1(c3ccccc3)CC[C@@H]2c2ccccc21)c1ccccc1OC. The van der Waals surface area contributed by atoms with Crippen LogP contribution < -0.4 is 10.1 Å². The lowest BCUT2D eigenvalue weighted by molar-refractivity contribution is -0.156. The van der Waals surface area contributed by atoms with Gasteiger partial charge in [0.25, 0.3) is 5.91 Å². The average molecular weight is 576 g/mol. The Morgan fingerprint density at radius 3 is 2.62 bits per heavy atom. The molecule has 42 heavy (non-hydrogen) atoms. The van der Waals surface area contributed by atoms with Crippen LogP contribution in [0.4, 0.5) is 0 Å². The minimum Gasteiger partial charge on any atom is -0.496 e. The topological polar surface area (TPSA) is 71.5 Å². The van der Waals surface area contributed by atoms with Gasteiger partial charge in [-0.15, -0.1) is 11.3 Å². The number of hydrogen-bond acceptors (Lipinski definition) is 6. The summed E-state index contributed by atoms with van der Waals surface area (Å²) in [5.74, 6) is -0.0351. The van der Waals surface area contributed by atoms with Gasteiger partial charge in [-0.05, 0) is 35.6 Å². The lowest BCUT2D eigenvalue weighted by atomic mass is 9.42. The minimum atomic E-state index is -0.796. The Bertz CT molecular complexity index is 1670. The van der Waals surface area contributed by atoms with Gasteiger partial charge in [-0.1, -0.05) is 79.4 Å². The highest BCUT2D eigenvalue weighted by atomic mass is 32.1. The number of imide groups is 1. The number of nitrogens with one attached hydrogen (secondary N) is 1. The van der Waals surface area contributed by atoms with Crippen LogP contribution in [0.15, 0.2) is 96.3 Å². The molecule has 7 heteroatoms. The Hall–Kier alpha value is -4.07. The van der Waals surface area contributed by atoms with Crippen molar-refractivity contribution in [3.63, 3.8) is 0 Å². The number of carbonyl (C=O) groups is 2. The van der Waals surface area contributed by atoms with E-state index >= 15 is 4.79 Å². The third kappa shape index (κ3) is 3.76. The van der Waals surface area contributed by atoms with Crippen LogP contribution in [0.25, 0.3) is 5.57 Å². The summed E-state index contributed by atoms with van der Waals surface area (Å²) in [5.41, 5.74) is 5.88. The molecule has 2 bridgehead atoms. The molecule has 0 unspecified atom stereocenters. The molecule has 0 radical (unpaired) electrons. The van der Waals surface area contributed by atoms with Crippen molar-refractivity contribution in [1.82, 2.24) is 15.2 Å². The van der Waals surface area contributed by atoms with Crippen molar-refractivity contribution in [3.8, 4) is 5.75 Å². The molecule has 4 aromatic rings. The molecule has 1 saturated heterocycles. The van der Waals surface area contributed by atoms with Crippen molar-refractivity contribution < 1.29 is 14.3 Å². The summed E-state index contributed by atoms with van der Waals surface area (Å²) in [7, 11) is 1.57. The van der Waals surface area contributed by atoms with E-state index in [-0.39, 0.29) is 35.3 Å². The summed E-state index contributed by atoms with van der Waals surface area (Å²) in [6.45, 7) is 5.50. The summed E-state index contributed by atoms with van der Waals surface area (Å²) in [6.07, 6.45) is 1.84. The molecule has 1 aromatic heterocycles. The number of carbonyl (C=O) groups excluding carboxylic acids is 2. The Morgan fingerprint density at radius 1 is 1.07 bits per heavy atom. The van der Waals surface area contributed by atoms with E-state index < -0.39 is 11.3 Å². The van der Waals surface area contributed by atoms with Crippen LogP contribution in [0.3, 0.4) is 0 Å². The standard InChI is InChI=1S/C35H33N3O3S/c1-23(26-12-7-9-15-30(26)41-2)32(39)38(19-25-20-42-22-37-25)33(40)35-21-36-18-31(35)34(24-10-4-3-5-11-24)17-16-29(35)27-13-6-8-14-28(27)34/h3-15,20,22,29,31,36H,1,16-19,21H2,2H3/t29-,31+,34-,35+/m1/s1. The van der Waals surface area contributed by atoms with E-state index in [0.717, 1.165) is 12.8 Å². The van der Waals surface area contributed by atoms with Crippen LogP contribution >= 0.6 is 11.3 Å². The van der Waals surface area contributed by atoms with Crippen LogP contribution in [0.1, 0.15) is 46.7 Å². The number of aromatic nitrogens is 1. The van der Waals surface area contributed by atoms with Crippen molar-refractivity contribution >= 4 is 28.7 Å². The Kier molecular flexibility index (Phi) is 6.59. The predicted octanol–water partition coefficient (Wildman–Crippen LogP) is 5.80. The molecule has 6 nitrogen and oxygen atoms in total. The molecule has 3 aromatic carbocycles. The van der Waals surface area contributed by atoms with E-state index in [4.69, 9.17) is 4.74 Å². The number of nitrogens with zero attached hydrogens (tertiary/aromatic N) is 2. The van der Waals surface area contributed by atoms with E-state index in [0.29, 0.717) is 30.1 Å². The lowest BCUT2D eigenvalue weighted by Gasteiger charge is -2.60. The van der Waals surface area contributed by atoms with E-state index in [9.17, 15) is 4.79 Å². The molecule has 1 aliphatic heterocycles. The average Bonchev–Trinajstić information content (AvgIpc) is 3.75. The Morgan fingerprint density at radius 2 is 1.83 bits per heavy atom. The summed E-state index contributed by atoms with van der Waals surface area (Å²) < 4.78 is 5.55. The third-order valence-corrected chi connectivity index (χ3v) is 10.6. The van der Waals surface area contributed by atoms with Crippen molar-refractivity contribution in [2.45, 2.75) is 30.7 Å². The largest absolute Gasteiger partial charge is 0.496 e. The van der Waals surface area contributed by atoms with Crippen LogP contribution in [0, 0.1) is 11.3 Å². The molecule has 1 saturated carbocycles. The van der Waals surface area contributed by atoms with Crippen LogP contribution in [-0.4, -0.2) is 41.9 Å². The molecule has 8 rings (SSSR count). The van der Waals surface area contributed by atoms with Gasteiger partial charge in [-0.3, -0.25) is 14.5 Å². The monoisotopic (exact) mass is 575 g/mol. The fourth-order valence-corrected chi connectivity index (χ4v) is 8.77. The lowest BCUT2D eigenvalue weighted by Crippen LogP contribution is -2.63. The van der Waals surface area contributed by atoms with Gasteiger partial charge < -0.3 is 10.1 Å². The molecular weight excluding hydrogens is 542 g/mol. The number of fused-ring (bicyclic) bond motifs is 1. The molecule has 4 atom stereocenters. The van der Waals surface area contributed by atoms with Gasteiger partial charge in [0.15, 0.2) is 0 Å². The first-order chi connectivity index (χ1) is 20.5. The molecular formula is C35H33N3O3S. The van der Waals surface area contributed by atoms with E-state index in [2.05, 4.69) is 65.4 Å². The summed E-state index contributed by atoms with van der Waals surface area (Å²) in [6, 6.07) is 26.6. The van der Waals surface area contributed by atoms with Gasteiger partial charge >= 0.3 is 0 Å². The minimum absolute atomic E-state index is 0.00273. The van der Waals surface area contributed by atoms with E-state index in [1.54, 1.807) is 18.7 Å². The molecule has 1 N–H and O–H groups in total. The van der Waals surface area contributed by atoms with Crippen molar-refractivity contribution in [1.29, 1.82) is 0 Å². The molecule has 2 heterocycles. The zero-order valence-corrected chi connectivity index (χ0v) is 24.4. The number of rotatable bonds is 7. The molecule has 4 aliphatic rings. The molecule has 2 fully saturated rings. The maximum Gasteiger partial charge on any atom is 0.260 e. The number of para-hydroxylation sites is 1. The quantitative estimate of drug-likeness (QED) is 0.282. The third-order valence-electron chi connectivity index (χ3n) is 9.92. The zero-order valence-electron chi connectivity index (χ0n) is 23.6. The van der Waals surface area contributed by atoms with Crippen LogP contribution in [0.5, 0.6) is 5.75 Å². The first kappa shape index (κ1) is 26.8. The highest BCUT2D eigenvalue weighted by Crippen LogP contribution is 2.68. The first-order valence-electron chi connectivity index (χ1n) is 14.4. The number of amides is 2. The predicted molar refractivity (Wildman–Crippen MR) is 164 cm³/mol. The summed E-state index contributed by atoms with van der Waals surface area (Å²) >= 11 is 1.45. The number of methoxy groups -OCH3 is 1. The van der Waals surface area contributed by atoms with Gasteiger partial charge in [-0.2, -0.15) is 0 Å². The second-order valence-electron chi connectivity index (χ2n) is 11.6. The number of thiazole rings is 1. The second-order valence-corrected chi connectivity index (χ2v) is 12.3. The molecule has 3 aliphatic carbocycles. The number of benzene rings is 3. The molecule has 0 spiro atoms. The van der Waals surface area contributed by atoms with Gasteiger partial charge in [0.1, 0.15) is 5.75 Å². The Labute approximate surface area is 250 Å². The highest BCUT2D eigenvalue weighted by molar-refractivity contribution is 7.07. The highest BCUT2D eigenvalue weighted by Gasteiger charge is 2.69. The summed E-state index contributed by atoms with van der Waals surface area (Å²) in [4.78, 5) is 35.6. The van der Waals surface area contributed by atoms with Crippen LogP contribution in [0.2, 0.25) is 0 Å². The smallest absolute Gasteiger partial charge is 0.260 e. The summed E-state index contributed by atoms with van der Waals surface area (Å²) in [5, 5.41) is 5.53. The normalized spacial score (nSPS) is 25.4. The van der Waals surface area contributed by atoms with Gasteiger partial charge in [0, 0.05) is 46.9 Å². The maximum absolute atomic E-state index is 15.3. The van der Waals surface area contributed by atoms with Crippen molar-refractivity contribution in [3.05, 3.63) is 124 Å². The van der Waals surface area contributed by atoms with Gasteiger partial charge in [-0.25, -0.2) is 4.98 Å². The number of ether oxygens (including phenoxy) is 1. The zero-order chi connectivity index (χ0) is 28.9. The number of hydrogen-bond donors (Lipinski definition) is 1. The fourth-order valence-electron chi connectivity index (χ4n) is 8.22. The van der Waals surface area contributed by atoms with E-state index in [1.807, 2.05) is 29.6 Å². The second kappa shape index (κ2) is 10.3.